The summed E-state index contributed by atoms with van der Waals surface area (Å²) in [4.78, 5) is 1.07. The average Bonchev–Trinajstić information content (AvgIpc) is 2.82. The van der Waals surface area contributed by atoms with Gasteiger partial charge in [-0.15, -0.1) is 11.3 Å². The molecule has 0 amide bonds. The summed E-state index contributed by atoms with van der Waals surface area (Å²) in [6, 6.07) is 3.39. The van der Waals surface area contributed by atoms with Gasteiger partial charge in [0.1, 0.15) is 0 Å². The molecule has 0 unspecified atom stereocenters. The van der Waals surface area contributed by atoms with Crippen molar-refractivity contribution in [2.24, 2.45) is 7.05 Å². The van der Waals surface area contributed by atoms with Gasteiger partial charge in [0.05, 0.1) is 20.9 Å². The Morgan fingerprint density at radius 1 is 1.56 bits per heavy atom. The molecule has 0 saturated carbocycles. The van der Waals surface area contributed by atoms with Crippen LogP contribution in [0.5, 0.6) is 0 Å². The maximum atomic E-state index is 12.1. The number of aryl methyl sites for hydroxylation is 2. The normalized spacial score (nSPS) is 11.9. The minimum atomic E-state index is -3.48. The first kappa shape index (κ1) is 13.7. The van der Waals surface area contributed by atoms with E-state index in [1.807, 2.05) is 0 Å². The molecule has 2 aromatic heterocycles. The predicted octanol–water partition coefficient (Wildman–Crippen LogP) is 2.03. The van der Waals surface area contributed by atoms with Gasteiger partial charge in [-0.3, -0.25) is 4.68 Å². The minimum Gasteiger partial charge on any atom is -0.276 e. The largest absolute Gasteiger partial charge is 0.276 e. The molecule has 2 rings (SSSR count). The van der Waals surface area contributed by atoms with E-state index in [-0.39, 0.29) is 6.54 Å². The second-order valence-electron chi connectivity index (χ2n) is 3.78. The lowest BCUT2D eigenvalue weighted by molar-refractivity contribution is 0.579. The number of hydrogen-bond donors (Lipinski definition) is 1. The molecule has 2 aromatic rings. The van der Waals surface area contributed by atoms with Gasteiger partial charge in [-0.25, -0.2) is 13.1 Å². The summed E-state index contributed by atoms with van der Waals surface area (Å²) in [5.74, 6) is 0. The first-order valence-corrected chi connectivity index (χ1v) is 8.22. The number of sulfonamides is 1. The highest BCUT2D eigenvalue weighted by atomic mass is 79.9. The minimum absolute atomic E-state index is 0.191. The van der Waals surface area contributed by atoms with E-state index in [1.54, 1.807) is 37.0 Å². The fourth-order valence-electron chi connectivity index (χ4n) is 1.50. The highest BCUT2D eigenvalue weighted by molar-refractivity contribution is 9.11. The SMILES string of the molecule is Cc1sc(Br)cc1S(=O)(=O)NCc1ccn(C)n1. The Morgan fingerprint density at radius 3 is 2.78 bits per heavy atom. The standard InChI is InChI=1S/C10H12BrN3O2S2/c1-7-9(5-10(11)17-7)18(15,16)12-6-8-3-4-14(2)13-8/h3-5,12H,6H2,1-2H3. The van der Waals surface area contributed by atoms with Gasteiger partial charge in [0, 0.05) is 18.1 Å². The first-order valence-electron chi connectivity index (χ1n) is 5.12. The van der Waals surface area contributed by atoms with Gasteiger partial charge in [-0.1, -0.05) is 0 Å². The lowest BCUT2D eigenvalue weighted by atomic mass is 10.4. The Kier molecular flexibility index (Phi) is 3.90. The lowest BCUT2D eigenvalue weighted by Gasteiger charge is -2.04. The fraction of sp³-hybridized carbons (Fsp3) is 0.300. The molecule has 98 valence electrons. The molecule has 0 saturated heterocycles. The summed E-state index contributed by atoms with van der Waals surface area (Å²) in [6.45, 7) is 1.97. The Bertz CT molecular complexity index is 660. The van der Waals surface area contributed by atoms with E-state index in [0.717, 1.165) is 8.66 Å². The van der Waals surface area contributed by atoms with Crippen molar-refractivity contribution >= 4 is 37.3 Å². The van der Waals surface area contributed by atoms with Crippen LogP contribution in [0.15, 0.2) is 27.0 Å². The smallest absolute Gasteiger partial charge is 0.242 e. The number of thiophene rings is 1. The van der Waals surface area contributed by atoms with Crippen LogP contribution >= 0.6 is 27.3 Å². The second kappa shape index (κ2) is 5.12. The number of aromatic nitrogens is 2. The van der Waals surface area contributed by atoms with Gasteiger partial charge in [-0.05, 0) is 35.0 Å². The van der Waals surface area contributed by atoms with E-state index >= 15 is 0 Å². The molecule has 2 heterocycles. The van der Waals surface area contributed by atoms with Gasteiger partial charge < -0.3 is 0 Å². The molecule has 18 heavy (non-hydrogen) atoms. The van der Waals surface area contributed by atoms with E-state index in [9.17, 15) is 8.42 Å². The molecule has 8 heteroatoms. The van der Waals surface area contributed by atoms with Crippen molar-refractivity contribution in [1.82, 2.24) is 14.5 Å². The average molecular weight is 350 g/mol. The summed E-state index contributed by atoms with van der Waals surface area (Å²) in [6.07, 6.45) is 1.77. The molecule has 0 aliphatic rings. The van der Waals surface area contributed by atoms with E-state index in [4.69, 9.17) is 0 Å². The summed E-state index contributed by atoms with van der Waals surface area (Å²) < 4.78 is 29.2. The molecule has 0 aliphatic heterocycles. The number of hydrogen-bond acceptors (Lipinski definition) is 4. The molecular formula is C10H12BrN3O2S2. The predicted molar refractivity (Wildman–Crippen MR) is 74.0 cm³/mol. The lowest BCUT2D eigenvalue weighted by Crippen LogP contribution is -2.23. The van der Waals surface area contributed by atoms with Crippen LogP contribution in [0.3, 0.4) is 0 Å². The summed E-state index contributed by atoms with van der Waals surface area (Å²) in [5.41, 5.74) is 0.688. The Balaban J connectivity index is 2.15. The molecule has 0 aromatic carbocycles. The quantitative estimate of drug-likeness (QED) is 0.918. The first-order chi connectivity index (χ1) is 8.38. The van der Waals surface area contributed by atoms with Crippen LogP contribution in [0.2, 0.25) is 0 Å². The number of nitrogens with zero attached hydrogens (tertiary/aromatic N) is 2. The zero-order valence-electron chi connectivity index (χ0n) is 9.84. The van der Waals surface area contributed by atoms with Gasteiger partial charge in [0.15, 0.2) is 0 Å². The van der Waals surface area contributed by atoms with Crippen molar-refractivity contribution in [2.45, 2.75) is 18.4 Å². The third-order valence-electron chi connectivity index (χ3n) is 2.34. The van der Waals surface area contributed by atoms with Crippen LogP contribution in [-0.2, 0) is 23.6 Å². The molecular weight excluding hydrogens is 338 g/mol. The van der Waals surface area contributed by atoms with Crippen LogP contribution in [0.4, 0.5) is 0 Å². The zero-order valence-corrected chi connectivity index (χ0v) is 13.1. The van der Waals surface area contributed by atoms with E-state index in [2.05, 4.69) is 25.8 Å². The zero-order chi connectivity index (χ0) is 13.3. The summed E-state index contributed by atoms with van der Waals surface area (Å²) in [7, 11) is -1.69. The van der Waals surface area contributed by atoms with Crippen molar-refractivity contribution < 1.29 is 8.42 Å². The van der Waals surface area contributed by atoms with Gasteiger partial charge in [0.2, 0.25) is 10.0 Å². The summed E-state index contributed by atoms with van der Waals surface area (Å²) in [5, 5.41) is 4.12. The maximum absolute atomic E-state index is 12.1. The summed E-state index contributed by atoms with van der Waals surface area (Å²) >= 11 is 4.69. The van der Waals surface area contributed by atoms with Crippen molar-refractivity contribution in [3.63, 3.8) is 0 Å². The molecule has 1 N–H and O–H groups in total. The van der Waals surface area contributed by atoms with Gasteiger partial charge in [-0.2, -0.15) is 5.10 Å². The van der Waals surface area contributed by atoms with Crippen molar-refractivity contribution in [3.05, 3.63) is 32.7 Å². The van der Waals surface area contributed by atoms with Crippen LogP contribution in [-0.4, -0.2) is 18.2 Å². The van der Waals surface area contributed by atoms with Gasteiger partial charge in [0.25, 0.3) is 0 Å². The van der Waals surface area contributed by atoms with Crippen molar-refractivity contribution in [1.29, 1.82) is 0 Å². The molecule has 0 atom stereocenters. The molecule has 5 nitrogen and oxygen atoms in total. The van der Waals surface area contributed by atoms with E-state index in [1.165, 1.54) is 11.3 Å². The number of nitrogens with one attached hydrogen (secondary N) is 1. The number of rotatable bonds is 4. The Hall–Kier alpha value is -0.700. The molecule has 0 fully saturated rings. The third-order valence-corrected chi connectivity index (χ3v) is 5.55. The van der Waals surface area contributed by atoms with Crippen LogP contribution in [0.1, 0.15) is 10.6 Å². The highest BCUT2D eigenvalue weighted by Gasteiger charge is 2.19. The second-order valence-corrected chi connectivity index (χ2v) is 8.15. The monoisotopic (exact) mass is 349 g/mol. The highest BCUT2D eigenvalue weighted by Crippen LogP contribution is 2.29. The third kappa shape index (κ3) is 3.00. The van der Waals surface area contributed by atoms with Crippen LogP contribution in [0.25, 0.3) is 0 Å². The molecule has 0 radical (unpaired) electrons. The Labute approximate surface area is 118 Å². The molecule has 0 bridgehead atoms. The Morgan fingerprint density at radius 2 is 2.28 bits per heavy atom. The van der Waals surface area contributed by atoms with E-state index < -0.39 is 10.0 Å². The number of halogens is 1. The topological polar surface area (TPSA) is 64.0 Å². The van der Waals surface area contributed by atoms with Crippen LogP contribution in [0, 0.1) is 6.92 Å². The fourth-order valence-corrected chi connectivity index (χ4v) is 4.91. The van der Waals surface area contributed by atoms with E-state index in [0.29, 0.717) is 10.6 Å². The maximum Gasteiger partial charge on any atom is 0.242 e. The van der Waals surface area contributed by atoms with Crippen molar-refractivity contribution in [2.75, 3.05) is 0 Å². The molecule has 0 spiro atoms. The van der Waals surface area contributed by atoms with Gasteiger partial charge >= 0.3 is 0 Å². The van der Waals surface area contributed by atoms with Crippen molar-refractivity contribution in [3.8, 4) is 0 Å². The van der Waals surface area contributed by atoms with Crippen LogP contribution < -0.4 is 4.72 Å². The molecule has 0 aliphatic carbocycles.